The predicted molar refractivity (Wildman–Crippen MR) is 319 cm³/mol. The van der Waals surface area contributed by atoms with E-state index in [-0.39, 0.29) is 19.4 Å². The van der Waals surface area contributed by atoms with E-state index in [9.17, 15) is 35.1 Å². The van der Waals surface area contributed by atoms with Gasteiger partial charge in [0.1, 0.15) is 24.4 Å². The molecule has 1 aliphatic rings. The average molecular weight is 1080 g/mol. The van der Waals surface area contributed by atoms with Crippen molar-refractivity contribution in [3.63, 3.8) is 0 Å². The van der Waals surface area contributed by atoms with Crippen LogP contribution in [0.5, 0.6) is 0 Å². The standard InChI is InChI=1S/C66H111NO10/c1-4-7-10-13-16-19-22-25-26-27-28-29-30-31-32-33-36-38-41-44-47-50-53-59(70)65(74)67-57(58(69)52-49-46-43-40-37-34-23-20-17-14-11-8-5-2)56-75-66-64(63(73)62(72)60(55-68)76-66)77-61(71)54-51-48-45-42-39-35-24-21-18-15-12-9-6-3/h9,12,15-16,18-19,21,24-26,28-29,31-32,35,39,49,52,57-60,62-64,66,68-70,72-73H,4-8,10-11,13-14,17,20,22-23,27,30,33-34,36-38,40-48,50-51,53-56H2,1-3H3,(H,67,74)/b12-9+,18-15+,19-16-,24-21-,26-25-,29-28-,32-31-,39-35-,52-49+. The number of hydrogen-bond donors (Lipinski definition) is 6. The molecule has 0 radical (unpaired) electrons. The monoisotopic (exact) mass is 1080 g/mol. The van der Waals surface area contributed by atoms with Crippen LogP contribution in [0.4, 0.5) is 0 Å². The molecule has 8 atom stereocenters. The fraction of sp³-hybridized carbons (Fsp3) is 0.697. The van der Waals surface area contributed by atoms with Crippen LogP contribution in [0.2, 0.25) is 0 Å². The molecule has 0 aliphatic carbocycles. The molecule has 6 N–H and O–H groups in total. The van der Waals surface area contributed by atoms with Gasteiger partial charge in [-0.1, -0.05) is 246 Å². The maximum Gasteiger partial charge on any atom is 0.306 e. The summed E-state index contributed by atoms with van der Waals surface area (Å²) in [7, 11) is 0. The summed E-state index contributed by atoms with van der Waals surface area (Å²) in [5.41, 5.74) is 0. The maximum absolute atomic E-state index is 13.4. The van der Waals surface area contributed by atoms with E-state index in [0.717, 1.165) is 109 Å². The van der Waals surface area contributed by atoms with Crippen LogP contribution in [-0.4, -0.2) is 99.6 Å². The minimum absolute atomic E-state index is 0.0706. The molecule has 8 unspecified atom stereocenters. The Balaban J connectivity index is 2.71. The summed E-state index contributed by atoms with van der Waals surface area (Å²) in [4.78, 5) is 26.5. The fourth-order valence-electron chi connectivity index (χ4n) is 8.88. The minimum atomic E-state index is -1.64. The number of aliphatic hydroxyl groups excluding tert-OH is 5. The van der Waals surface area contributed by atoms with Crippen molar-refractivity contribution in [3.8, 4) is 0 Å². The van der Waals surface area contributed by atoms with E-state index in [1.54, 1.807) is 6.08 Å². The molecule has 0 aromatic rings. The molecule has 11 heteroatoms. The topological polar surface area (TPSA) is 175 Å². The Morgan fingerprint density at radius 1 is 0.532 bits per heavy atom. The first-order chi connectivity index (χ1) is 37.7. The Labute approximate surface area is 468 Å². The van der Waals surface area contributed by atoms with Gasteiger partial charge in [0.15, 0.2) is 12.4 Å². The second-order valence-electron chi connectivity index (χ2n) is 20.8. The predicted octanol–water partition coefficient (Wildman–Crippen LogP) is 14.5. The number of allylic oxidation sites excluding steroid dienone is 17. The molecule has 1 aliphatic heterocycles. The molecule has 1 amide bonds. The van der Waals surface area contributed by atoms with Gasteiger partial charge in [-0.3, -0.25) is 9.59 Å². The fourth-order valence-corrected chi connectivity index (χ4v) is 8.88. The number of hydrogen-bond acceptors (Lipinski definition) is 10. The van der Waals surface area contributed by atoms with Crippen LogP contribution in [0.25, 0.3) is 0 Å². The van der Waals surface area contributed by atoms with E-state index in [1.165, 1.54) is 77.0 Å². The van der Waals surface area contributed by atoms with Gasteiger partial charge in [0, 0.05) is 6.42 Å². The third-order valence-electron chi connectivity index (χ3n) is 13.8. The molecular weight excluding hydrogens is 967 g/mol. The van der Waals surface area contributed by atoms with Crippen LogP contribution < -0.4 is 5.32 Å². The highest BCUT2D eigenvalue weighted by atomic mass is 16.7. The van der Waals surface area contributed by atoms with E-state index < -0.39 is 67.4 Å². The molecule has 440 valence electrons. The normalized spacial score (nSPS) is 19.8. The molecule has 1 saturated heterocycles. The summed E-state index contributed by atoms with van der Waals surface area (Å²) in [5.74, 6) is -1.25. The van der Waals surface area contributed by atoms with Gasteiger partial charge in [-0.2, -0.15) is 0 Å². The van der Waals surface area contributed by atoms with Crippen LogP contribution in [0.15, 0.2) is 109 Å². The Kier molecular flexibility index (Phi) is 49.1. The minimum Gasteiger partial charge on any atom is -0.454 e. The summed E-state index contributed by atoms with van der Waals surface area (Å²) in [6.45, 7) is 5.58. The van der Waals surface area contributed by atoms with E-state index >= 15 is 0 Å². The van der Waals surface area contributed by atoms with E-state index in [2.05, 4.69) is 86.8 Å². The number of carbonyl (C=O) groups is 2. The smallest absolute Gasteiger partial charge is 0.306 e. The molecule has 0 spiro atoms. The van der Waals surface area contributed by atoms with Gasteiger partial charge in [0.05, 0.1) is 25.4 Å². The lowest BCUT2D eigenvalue weighted by atomic mass is 9.99. The second-order valence-corrected chi connectivity index (χ2v) is 20.8. The molecule has 0 aromatic heterocycles. The van der Waals surface area contributed by atoms with Gasteiger partial charge in [0.2, 0.25) is 5.91 Å². The van der Waals surface area contributed by atoms with Crippen molar-refractivity contribution in [1.82, 2.24) is 5.32 Å². The zero-order valence-electron chi connectivity index (χ0n) is 48.5. The summed E-state index contributed by atoms with van der Waals surface area (Å²) < 4.78 is 17.5. The van der Waals surface area contributed by atoms with Gasteiger partial charge in [-0.25, -0.2) is 0 Å². The molecule has 77 heavy (non-hydrogen) atoms. The summed E-state index contributed by atoms with van der Waals surface area (Å²) >= 11 is 0. The molecule has 0 aromatic carbocycles. The van der Waals surface area contributed by atoms with Gasteiger partial charge < -0.3 is 45.1 Å². The van der Waals surface area contributed by atoms with E-state index in [1.807, 2.05) is 42.5 Å². The third-order valence-corrected chi connectivity index (χ3v) is 13.8. The van der Waals surface area contributed by atoms with Gasteiger partial charge in [-0.15, -0.1) is 0 Å². The van der Waals surface area contributed by atoms with Crippen molar-refractivity contribution >= 4 is 11.9 Å². The summed E-state index contributed by atoms with van der Waals surface area (Å²) in [5, 5.41) is 56.9. The van der Waals surface area contributed by atoms with Crippen molar-refractivity contribution in [3.05, 3.63) is 109 Å². The van der Waals surface area contributed by atoms with Gasteiger partial charge in [0.25, 0.3) is 0 Å². The molecule has 1 fully saturated rings. The zero-order valence-corrected chi connectivity index (χ0v) is 48.5. The largest absolute Gasteiger partial charge is 0.454 e. The molecule has 0 bridgehead atoms. The lowest BCUT2D eigenvalue weighted by molar-refractivity contribution is -0.305. The highest BCUT2D eigenvalue weighted by Crippen LogP contribution is 2.26. The quantitative estimate of drug-likeness (QED) is 0.0149. The van der Waals surface area contributed by atoms with Crippen LogP contribution in [0.1, 0.15) is 233 Å². The maximum atomic E-state index is 13.4. The number of rotatable bonds is 50. The summed E-state index contributed by atoms with van der Waals surface area (Å²) in [6.07, 6.45) is 61.3. The Morgan fingerprint density at radius 3 is 1.55 bits per heavy atom. The molecule has 1 heterocycles. The number of ether oxygens (including phenoxy) is 3. The van der Waals surface area contributed by atoms with Gasteiger partial charge in [-0.05, 0) is 89.9 Å². The lowest BCUT2D eigenvalue weighted by Crippen LogP contribution is -2.61. The molecule has 0 saturated carbocycles. The molecule has 1 rings (SSSR count). The zero-order chi connectivity index (χ0) is 56.1. The Hall–Kier alpha value is -3.68. The number of unbranched alkanes of at least 4 members (excludes halogenated alkanes) is 23. The molecular formula is C66H111NO10. The van der Waals surface area contributed by atoms with Crippen molar-refractivity contribution < 1.29 is 49.3 Å². The third kappa shape index (κ3) is 41.1. The first-order valence-electron chi connectivity index (χ1n) is 30.7. The second kappa shape index (κ2) is 53.0. The molecule has 11 nitrogen and oxygen atoms in total. The van der Waals surface area contributed by atoms with Gasteiger partial charge >= 0.3 is 5.97 Å². The number of esters is 1. The van der Waals surface area contributed by atoms with Crippen molar-refractivity contribution in [2.75, 3.05) is 13.2 Å². The average Bonchev–Trinajstić information content (AvgIpc) is 3.43. The van der Waals surface area contributed by atoms with E-state index in [4.69, 9.17) is 14.2 Å². The highest BCUT2D eigenvalue weighted by molar-refractivity contribution is 5.80. The number of aliphatic hydroxyl groups is 5. The van der Waals surface area contributed by atoms with Crippen molar-refractivity contribution in [1.29, 1.82) is 0 Å². The lowest BCUT2D eigenvalue weighted by Gasteiger charge is -2.41. The van der Waals surface area contributed by atoms with Crippen LogP contribution in [0.3, 0.4) is 0 Å². The van der Waals surface area contributed by atoms with Crippen molar-refractivity contribution in [2.24, 2.45) is 0 Å². The summed E-state index contributed by atoms with van der Waals surface area (Å²) in [6, 6.07) is -1.05. The number of carbonyl (C=O) groups excluding carboxylic acids is 2. The first-order valence-corrected chi connectivity index (χ1v) is 30.7. The highest BCUT2D eigenvalue weighted by Gasteiger charge is 2.47. The van der Waals surface area contributed by atoms with E-state index in [0.29, 0.717) is 12.8 Å². The van der Waals surface area contributed by atoms with Crippen LogP contribution >= 0.6 is 0 Å². The van der Waals surface area contributed by atoms with Crippen LogP contribution in [-0.2, 0) is 23.8 Å². The van der Waals surface area contributed by atoms with Crippen LogP contribution in [0, 0.1) is 0 Å². The SMILES string of the molecule is CC/C=C/C=C/C=C\C=C/CCCCCC(=O)OC1C(OCC(NC(=O)C(O)CCCCCCCC/C=C\C/C=C\C/C=C\C/C=C\CCCCC)C(O)/C=C/CCCCCCCCCCCCC)OC(CO)C(O)C1O. The Bertz CT molecular complexity index is 1660. The number of nitrogens with one attached hydrogen (secondary N) is 1. The number of amides is 1. The Morgan fingerprint density at radius 2 is 0.987 bits per heavy atom. The van der Waals surface area contributed by atoms with Crippen molar-refractivity contribution in [2.45, 2.75) is 282 Å². The first kappa shape index (κ1) is 71.3.